The maximum Gasteiger partial charge on any atom is 0.459 e. The molecular weight excluding hydrogens is 445 g/mol. The molecule has 0 amide bonds. The van der Waals surface area contributed by atoms with Crippen LogP contribution >= 0.6 is 19.5 Å². The van der Waals surface area contributed by atoms with Crippen molar-refractivity contribution in [2.45, 2.75) is 30.4 Å². The molecule has 1 saturated heterocycles. The van der Waals surface area contributed by atoms with Gasteiger partial charge in [-0.15, -0.1) is 11.8 Å². The average molecular weight is 469 g/mol. The lowest BCUT2D eigenvalue weighted by atomic mass is 10.2. The molecule has 0 aliphatic carbocycles. The molecule has 2 aromatic rings. The number of hydrogen-bond acceptors (Lipinski definition) is 10. The molecule has 168 valence electrons. The van der Waals surface area contributed by atoms with Crippen LogP contribution in [0.1, 0.15) is 25.1 Å². The van der Waals surface area contributed by atoms with Crippen molar-refractivity contribution >= 4 is 31.4 Å². The van der Waals surface area contributed by atoms with Crippen molar-refractivity contribution in [1.29, 1.82) is 0 Å². The molecule has 2 unspecified atom stereocenters. The third-order valence-electron chi connectivity index (χ3n) is 4.26. The first-order valence-corrected chi connectivity index (χ1v) is 12.1. The van der Waals surface area contributed by atoms with Crippen LogP contribution in [0.15, 0.2) is 41.5 Å². The molecule has 3 rings (SSSR count). The SMILES string of the molecule is CCOC(=O)CNP(=O)(OC[C@@H]1CCC(n2cnc(N)nc2=O)S1)Oc1ccccc1. The molecule has 2 heterocycles. The topological polar surface area (TPSA) is 148 Å². The largest absolute Gasteiger partial charge is 0.465 e. The molecule has 1 aliphatic rings. The molecule has 0 saturated carbocycles. The van der Waals surface area contributed by atoms with Gasteiger partial charge in [0.1, 0.15) is 18.6 Å². The van der Waals surface area contributed by atoms with Gasteiger partial charge in [0.25, 0.3) is 0 Å². The molecule has 3 N–H and O–H groups in total. The summed E-state index contributed by atoms with van der Waals surface area (Å²) in [4.78, 5) is 31.2. The van der Waals surface area contributed by atoms with Gasteiger partial charge in [0.05, 0.1) is 18.6 Å². The van der Waals surface area contributed by atoms with E-state index in [9.17, 15) is 14.2 Å². The van der Waals surface area contributed by atoms with E-state index in [-0.39, 0.29) is 36.3 Å². The maximum atomic E-state index is 13.2. The van der Waals surface area contributed by atoms with Crippen molar-refractivity contribution in [2.75, 3.05) is 25.5 Å². The Morgan fingerprint density at radius 3 is 2.84 bits per heavy atom. The predicted octanol–water partition coefficient (Wildman–Crippen LogP) is 1.97. The molecule has 13 heteroatoms. The Kier molecular flexibility index (Phi) is 8.08. The Bertz CT molecular complexity index is 991. The van der Waals surface area contributed by atoms with Gasteiger partial charge in [-0.3, -0.25) is 13.9 Å². The van der Waals surface area contributed by atoms with Gasteiger partial charge in [0.2, 0.25) is 5.95 Å². The highest BCUT2D eigenvalue weighted by molar-refractivity contribution is 8.00. The number of rotatable bonds is 10. The number of nitrogens with two attached hydrogens (primary N) is 1. The number of aromatic nitrogens is 3. The number of para-hydroxylation sites is 1. The Labute approximate surface area is 183 Å². The molecule has 1 aromatic heterocycles. The van der Waals surface area contributed by atoms with Crippen LogP contribution in [0.25, 0.3) is 0 Å². The van der Waals surface area contributed by atoms with Gasteiger partial charge >= 0.3 is 19.4 Å². The van der Waals surface area contributed by atoms with Gasteiger partial charge in [0, 0.05) is 5.25 Å². The average Bonchev–Trinajstić information content (AvgIpc) is 3.21. The lowest BCUT2D eigenvalue weighted by Gasteiger charge is -2.21. The van der Waals surface area contributed by atoms with Gasteiger partial charge in [0.15, 0.2) is 0 Å². The number of benzene rings is 1. The first-order chi connectivity index (χ1) is 14.9. The normalized spacial score (nSPS) is 20.2. The fourth-order valence-electron chi connectivity index (χ4n) is 2.85. The summed E-state index contributed by atoms with van der Waals surface area (Å²) in [6, 6.07) is 8.53. The number of ether oxygens (including phenoxy) is 1. The lowest BCUT2D eigenvalue weighted by Crippen LogP contribution is -2.27. The first kappa shape index (κ1) is 23.3. The monoisotopic (exact) mass is 469 g/mol. The van der Waals surface area contributed by atoms with Crippen LogP contribution < -0.4 is 21.0 Å². The van der Waals surface area contributed by atoms with Crippen LogP contribution in [0.4, 0.5) is 5.95 Å². The second kappa shape index (κ2) is 10.8. The number of nitrogens with one attached hydrogen (secondary N) is 1. The molecule has 11 nitrogen and oxygen atoms in total. The van der Waals surface area contributed by atoms with Crippen molar-refractivity contribution < 1.29 is 23.1 Å². The van der Waals surface area contributed by atoms with E-state index < -0.39 is 19.4 Å². The second-order valence-electron chi connectivity index (χ2n) is 6.53. The van der Waals surface area contributed by atoms with Crippen LogP contribution in [0.5, 0.6) is 5.75 Å². The quantitative estimate of drug-likeness (QED) is 0.389. The number of thioether (sulfide) groups is 1. The minimum absolute atomic E-state index is 0.0495. The van der Waals surface area contributed by atoms with Gasteiger partial charge in [-0.25, -0.2) is 19.4 Å². The first-order valence-electron chi connectivity index (χ1n) is 9.64. The number of carbonyl (C=O) groups is 1. The molecule has 0 bridgehead atoms. The highest BCUT2D eigenvalue weighted by Gasteiger charge is 2.33. The van der Waals surface area contributed by atoms with E-state index in [2.05, 4.69) is 15.1 Å². The van der Waals surface area contributed by atoms with Crippen molar-refractivity contribution in [3.63, 3.8) is 0 Å². The van der Waals surface area contributed by atoms with Gasteiger partial charge < -0.3 is 15.0 Å². The lowest BCUT2D eigenvalue weighted by molar-refractivity contribution is -0.141. The van der Waals surface area contributed by atoms with E-state index >= 15 is 0 Å². The Balaban J connectivity index is 1.62. The van der Waals surface area contributed by atoms with E-state index in [1.807, 2.05) is 0 Å². The fraction of sp³-hybridized carbons (Fsp3) is 0.444. The predicted molar refractivity (Wildman–Crippen MR) is 116 cm³/mol. The standard InChI is InChI=1S/C18H24N5O6PS/c1-2-27-16(24)10-21-30(26,29-13-6-4-3-5-7-13)28-11-14-8-9-15(31-14)23-12-20-17(19)22-18(23)25/h3-7,12,14-15H,2,8-11H2,1H3,(H,21,26)(H2,19,22,25)/t14-,15?,30?/m0/s1. The highest BCUT2D eigenvalue weighted by Crippen LogP contribution is 2.47. The molecule has 1 aromatic carbocycles. The molecule has 3 atom stereocenters. The van der Waals surface area contributed by atoms with E-state index in [1.165, 1.54) is 22.7 Å². The number of anilines is 1. The van der Waals surface area contributed by atoms with Gasteiger partial charge in [-0.1, -0.05) is 18.2 Å². The minimum Gasteiger partial charge on any atom is -0.465 e. The zero-order chi connectivity index (χ0) is 22.3. The fourth-order valence-corrected chi connectivity index (χ4v) is 5.66. The van der Waals surface area contributed by atoms with Crippen molar-refractivity contribution in [3.8, 4) is 5.75 Å². The molecule has 1 aliphatic heterocycles. The molecule has 1 fully saturated rings. The molecule has 0 radical (unpaired) electrons. The summed E-state index contributed by atoms with van der Waals surface area (Å²) in [5.74, 6) is -0.304. The van der Waals surface area contributed by atoms with Gasteiger partial charge in [-0.2, -0.15) is 4.98 Å². The summed E-state index contributed by atoms with van der Waals surface area (Å²) in [7, 11) is -3.85. The zero-order valence-electron chi connectivity index (χ0n) is 16.9. The van der Waals surface area contributed by atoms with Crippen LogP contribution in [0, 0.1) is 0 Å². The van der Waals surface area contributed by atoms with Crippen LogP contribution in [-0.4, -0.2) is 45.5 Å². The molecular formula is C18H24N5O6PS. The van der Waals surface area contributed by atoms with E-state index in [0.29, 0.717) is 12.2 Å². The number of hydrogen-bond donors (Lipinski definition) is 2. The number of esters is 1. The van der Waals surface area contributed by atoms with Crippen LogP contribution in [0.3, 0.4) is 0 Å². The summed E-state index contributed by atoms with van der Waals surface area (Å²) < 4.78 is 30.7. The third kappa shape index (κ3) is 6.79. The Hall–Kier alpha value is -2.40. The van der Waals surface area contributed by atoms with Crippen molar-refractivity contribution in [1.82, 2.24) is 19.6 Å². The summed E-state index contributed by atoms with van der Waals surface area (Å²) in [6.45, 7) is 1.65. The van der Waals surface area contributed by atoms with Crippen molar-refractivity contribution in [2.24, 2.45) is 0 Å². The third-order valence-corrected chi connectivity index (χ3v) is 7.28. The minimum atomic E-state index is -3.85. The number of nitrogens with zero attached hydrogens (tertiary/aromatic N) is 3. The summed E-state index contributed by atoms with van der Waals surface area (Å²) >= 11 is 1.48. The Morgan fingerprint density at radius 2 is 2.13 bits per heavy atom. The highest BCUT2D eigenvalue weighted by atomic mass is 32.2. The van der Waals surface area contributed by atoms with E-state index in [0.717, 1.165) is 6.42 Å². The van der Waals surface area contributed by atoms with Crippen LogP contribution in [0.2, 0.25) is 0 Å². The number of carbonyl (C=O) groups excluding carboxylic acids is 1. The molecule has 31 heavy (non-hydrogen) atoms. The summed E-state index contributed by atoms with van der Waals surface area (Å²) in [5.41, 5.74) is 4.96. The van der Waals surface area contributed by atoms with E-state index in [4.69, 9.17) is 19.5 Å². The van der Waals surface area contributed by atoms with Crippen molar-refractivity contribution in [3.05, 3.63) is 47.1 Å². The Morgan fingerprint density at radius 1 is 1.35 bits per heavy atom. The summed E-state index contributed by atoms with van der Waals surface area (Å²) in [5, 5.41) is 2.32. The maximum absolute atomic E-state index is 13.2. The van der Waals surface area contributed by atoms with Gasteiger partial charge in [-0.05, 0) is 31.9 Å². The molecule has 0 spiro atoms. The van der Waals surface area contributed by atoms with Crippen LogP contribution in [-0.2, 0) is 18.6 Å². The second-order valence-corrected chi connectivity index (χ2v) is 9.77. The zero-order valence-corrected chi connectivity index (χ0v) is 18.6. The van der Waals surface area contributed by atoms with E-state index in [1.54, 1.807) is 37.3 Å². The smallest absolute Gasteiger partial charge is 0.459 e. The number of nitrogen functional groups attached to an aromatic ring is 1. The summed E-state index contributed by atoms with van der Waals surface area (Å²) in [6.07, 6.45) is 2.78.